The highest BCUT2D eigenvalue weighted by atomic mass is 16.5. The van der Waals surface area contributed by atoms with Crippen LogP contribution in [0.4, 0.5) is 0 Å². The van der Waals surface area contributed by atoms with Crippen molar-refractivity contribution < 1.29 is 14.3 Å². The predicted octanol–water partition coefficient (Wildman–Crippen LogP) is 2.71. The van der Waals surface area contributed by atoms with Crippen molar-refractivity contribution in [2.75, 3.05) is 6.61 Å². The maximum absolute atomic E-state index is 12.6. The van der Waals surface area contributed by atoms with E-state index in [4.69, 9.17) is 9.47 Å². The number of hydrogen-bond donors (Lipinski definition) is 0. The highest BCUT2D eigenvalue weighted by Gasteiger charge is 2.16. The van der Waals surface area contributed by atoms with E-state index in [9.17, 15) is 9.59 Å². The number of ether oxygens (including phenoxy) is 2. The lowest BCUT2D eigenvalue weighted by atomic mass is 10.1. The van der Waals surface area contributed by atoms with E-state index >= 15 is 0 Å². The summed E-state index contributed by atoms with van der Waals surface area (Å²) >= 11 is 0. The van der Waals surface area contributed by atoms with E-state index in [1.54, 1.807) is 11.4 Å². The number of fused-ring (bicyclic) bond motifs is 3. The summed E-state index contributed by atoms with van der Waals surface area (Å²) in [5.74, 6) is 1.19. The van der Waals surface area contributed by atoms with E-state index in [2.05, 4.69) is 10.2 Å². The first-order valence-electron chi connectivity index (χ1n) is 9.63. The van der Waals surface area contributed by atoms with Gasteiger partial charge in [0.25, 0.3) is 5.56 Å². The Balaban J connectivity index is 1.49. The zero-order valence-electron chi connectivity index (χ0n) is 17.1. The van der Waals surface area contributed by atoms with Crippen molar-refractivity contribution in [3.63, 3.8) is 0 Å². The van der Waals surface area contributed by atoms with Crippen LogP contribution in [0.15, 0.2) is 47.3 Å². The molecule has 0 spiro atoms. The molecule has 0 aliphatic heterocycles. The Bertz CT molecular complexity index is 1310. The molecule has 0 saturated carbocycles. The van der Waals surface area contributed by atoms with E-state index in [0.29, 0.717) is 22.5 Å². The molecule has 0 amide bonds. The van der Waals surface area contributed by atoms with Gasteiger partial charge in [-0.15, -0.1) is 10.2 Å². The molecule has 0 unspecified atom stereocenters. The van der Waals surface area contributed by atoms with E-state index in [0.717, 1.165) is 16.9 Å². The Kier molecular flexibility index (Phi) is 5.22. The van der Waals surface area contributed by atoms with E-state index in [1.807, 2.05) is 56.3 Å². The Labute approximate surface area is 172 Å². The second kappa shape index (κ2) is 7.98. The van der Waals surface area contributed by atoms with Gasteiger partial charge in [0.2, 0.25) is 5.78 Å². The summed E-state index contributed by atoms with van der Waals surface area (Å²) in [7, 11) is 1.65. The molecule has 0 saturated heterocycles. The molecule has 0 bridgehead atoms. The lowest BCUT2D eigenvalue weighted by Gasteiger charge is -2.10. The number of rotatable bonds is 6. The third kappa shape index (κ3) is 3.63. The Hall–Kier alpha value is -3.68. The fourth-order valence-corrected chi connectivity index (χ4v) is 3.33. The predicted molar refractivity (Wildman–Crippen MR) is 112 cm³/mol. The highest BCUT2D eigenvalue weighted by molar-refractivity contribution is 5.81. The Morgan fingerprint density at radius 3 is 2.70 bits per heavy atom. The molecule has 2 heterocycles. The van der Waals surface area contributed by atoms with Gasteiger partial charge in [0.1, 0.15) is 5.75 Å². The third-order valence-electron chi connectivity index (χ3n) is 4.96. The first-order chi connectivity index (χ1) is 14.5. The molecule has 4 aromatic rings. The number of carbonyl (C=O) groups excluding carboxylic acids is 1. The molecule has 0 fully saturated rings. The minimum atomic E-state index is -0.398. The van der Waals surface area contributed by atoms with Crippen LogP contribution in [0.2, 0.25) is 0 Å². The smallest absolute Gasteiger partial charge is 0.309 e. The molecule has 0 radical (unpaired) electrons. The third-order valence-corrected chi connectivity index (χ3v) is 4.96. The summed E-state index contributed by atoms with van der Waals surface area (Å²) in [5.41, 5.74) is 2.52. The van der Waals surface area contributed by atoms with Gasteiger partial charge in [0.05, 0.1) is 23.9 Å². The van der Waals surface area contributed by atoms with Crippen LogP contribution in [-0.4, -0.2) is 31.7 Å². The number of aryl methyl sites for hydroxylation is 3. The van der Waals surface area contributed by atoms with Crippen LogP contribution in [-0.2, 0) is 23.2 Å². The molecule has 0 aliphatic carbocycles. The number of esters is 1. The van der Waals surface area contributed by atoms with Crippen molar-refractivity contribution in [1.82, 2.24) is 19.2 Å². The van der Waals surface area contributed by atoms with Gasteiger partial charge in [-0.05, 0) is 37.6 Å². The summed E-state index contributed by atoms with van der Waals surface area (Å²) < 4.78 is 14.2. The molecule has 8 nitrogen and oxygen atoms in total. The van der Waals surface area contributed by atoms with Crippen LogP contribution in [0.5, 0.6) is 5.75 Å². The summed E-state index contributed by atoms with van der Waals surface area (Å²) in [4.78, 5) is 24.8. The largest absolute Gasteiger partial charge is 0.493 e. The quantitative estimate of drug-likeness (QED) is 0.458. The number of benzene rings is 2. The first-order valence-corrected chi connectivity index (χ1v) is 9.63. The van der Waals surface area contributed by atoms with Gasteiger partial charge in [-0.25, -0.2) is 0 Å². The molecule has 2 aromatic heterocycles. The second-order valence-electron chi connectivity index (χ2n) is 7.16. The molecule has 0 atom stereocenters. The summed E-state index contributed by atoms with van der Waals surface area (Å²) in [6.45, 7) is 4.05. The highest BCUT2D eigenvalue weighted by Crippen LogP contribution is 2.17. The summed E-state index contributed by atoms with van der Waals surface area (Å²) in [6.07, 6.45) is 0.115. The Morgan fingerprint density at radius 1 is 1.10 bits per heavy atom. The van der Waals surface area contributed by atoms with Gasteiger partial charge in [0.15, 0.2) is 12.4 Å². The van der Waals surface area contributed by atoms with Gasteiger partial charge in [-0.1, -0.05) is 29.8 Å². The van der Waals surface area contributed by atoms with Crippen LogP contribution in [0.1, 0.15) is 23.4 Å². The normalized spacial score (nSPS) is 11.2. The van der Waals surface area contributed by atoms with Gasteiger partial charge >= 0.3 is 5.97 Å². The lowest BCUT2D eigenvalue weighted by molar-refractivity contribution is -0.145. The molecule has 0 N–H and O–H groups in total. The minimum Gasteiger partial charge on any atom is -0.493 e. The molecule has 8 heteroatoms. The standard InChI is InChI=1S/C22H22N4O4/c1-14-8-9-17-16(12-14)21(28)25(3)22-24-23-19(26(17)22)13-30-20(27)10-11-29-18-7-5-4-6-15(18)2/h4-9,12H,10-11,13H2,1-3H3. The van der Waals surface area contributed by atoms with Crippen LogP contribution >= 0.6 is 0 Å². The topological polar surface area (TPSA) is 87.7 Å². The fraction of sp³-hybridized carbons (Fsp3) is 0.273. The lowest BCUT2D eigenvalue weighted by Crippen LogP contribution is -2.21. The number of aromatic nitrogens is 4. The molecule has 30 heavy (non-hydrogen) atoms. The Morgan fingerprint density at radius 2 is 1.90 bits per heavy atom. The molecule has 154 valence electrons. The van der Waals surface area contributed by atoms with Gasteiger partial charge in [-0.2, -0.15) is 0 Å². The van der Waals surface area contributed by atoms with Crippen molar-refractivity contribution in [2.24, 2.45) is 7.05 Å². The number of carbonyl (C=O) groups is 1. The number of hydrogen-bond acceptors (Lipinski definition) is 6. The summed E-state index contributed by atoms with van der Waals surface area (Å²) in [5, 5.41) is 8.79. The van der Waals surface area contributed by atoms with E-state index in [-0.39, 0.29) is 25.2 Å². The van der Waals surface area contributed by atoms with Gasteiger partial charge in [-0.3, -0.25) is 18.6 Å². The fourth-order valence-electron chi connectivity index (χ4n) is 3.33. The maximum atomic E-state index is 12.6. The van der Waals surface area contributed by atoms with Crippen LogP contribution in [0.3, 0.4) is 0 Å². The minimum absolute atomic E-state index is 0.0501. The van der Waals surface area contributed by atoms with Crippen LogP contribution in [0.25, 0.3) is 16.7 Å². The van der Waals surface area contributed by atoms with Gasteiger partial charge < -0.3 is 9.47 Å². The van der Waals surface area contributed by atoms with Crippen molar-refractivity contribution in [3.05, 3.63) is 69.8 Å². The molecule has 2 aromatic carbocycles. The monoisotopic (exact) mass is 406 g/mol. The zero-order chi connectivity index (χ0) is 21.3. The van der Waals surface area contributed by atoms with E-state index < -0.39 is 5.97 Å². The van der Waals surface area contributed by atoms with Crippen molar-refractivity contribution >= 4 is 22.6 Å². The average Bonchev–Trinajstić information content (AvgIpc) is 3.16. The van der Waals surface area contributed by atoms with E-state index in [1.165, 1.54) is 4.57 Å². The molecular weight excluding hydrogens is 384 g/mol. The van der Waals surface area contributed by atoms with Crippen LogP contribution in [0, 0.1) is 13.8 Å². The first kappa shape index (κ1) is 19.6. The molecule has 0 aliphatic rings. The number of para-hydroxylation sites is 1. The van der Waals surface area contributed by atoms with Crippen molar-refractivity contribution in [3.8, 4) is 5.75 Å². The average molecular weight is 406 g/mol. The van der Waals surface area contributed by atoms with Crippen molar-refractivity contribution in [2.45, 2.75) is 26.9 Å². The maximum Gasteiger partial charge on any atom is 0.309 e. The molecule has 4 rings (SSSR count). The van der Waals surface area contributed by atoms with Crippen LogP contribution < -0.4 is 10.3 Å². The second-order valence-corrected chi connectivity index (χ2v) is 7.16. The molecular formula is C22H22N4O4. The number of nitrogens with zero attached hydrogens (tertiary/aromatic N) is 4. The van der Waals surface area contributed by atoms with Gasteiger partial charge in [0, 0.05) is 7.05 Å². The SMILES string of the molecule is Cc1ccc2c(c1)c(=O)n(C)c1nnc(COC(=O)CCOc3ccccc3C)n21. The zero-order valence-corrected chi connectivity index (χ0v) is 17.1. The van der Waals surface area contributed by atoms with Crippen molar-refractivity contribution in [1.29, 1.82) is 0 Å². The summed E-state index contributed by atoms with van der Waals surface area (Å²) in [6, 6.07) is 13.2.